The van der Waals surface area contributed by atoms with Crippen LogP contribution in [0.25, 0.3) is 10.2 Å². The third-order valence-electron chi connectivity index (χ3n) is 7.20. The van der Waals surface area contributed by atoms with Gasteiger partial charge < -0.3 is 4.74 Å². The minimum atomic E-state index is -0.751. The SMILES string of the molecule is CC(C)c1ccc2nc(N3C(=O)C4=C(C(=O)C5CCCCC5O4)C3c3cccc(F)c3)sc2c1. The van der Waals surface area contributed by atoms with Gasteiger partial charge in [-0.05, 0) is 60.6 Å². The lowest BCUT2D eigenvalue weighted by atomic mass is 9.77. The van der Waals surface area contributed by atoms with Gasteiger partial charge in [-0.3, -0.25) is 14.5 Å². The van der Waals surface area contributed by atoms with Crippen molar-refractivity contribution >= 4 is 38.4 Å². The Hall–Kier alpha value is -3.06. The number of benzene rings is 2. The number of carbonyl (C=O) groups is 2. The Morgan fingerprint density at radius 1 is 1.12 bits per heavy atom. The van der Waals surface area contributed by atoms with E-state index in [9.17, 15) is 14.0 Å². The van der Waals surface area contributed by atoms with Crippen LogP contribution < -0.4 is 4.90 Å². The van der Waals surface area contributed by atoms with Gasteiger partial charge in [-0.1, -0.05) is 49.8 Å². The lowest BCUT2D eigenvalue weighted by Crippen LogP contribution is -2.39. The Kier molecular flexibility index (Phi) is 5.06. The van der Waals surface area contributed by atoms with Crippen molar-refractivity contribution in [2.75, 3.05) is 4.90 Å². The fraction of sp³-hybridized carbons (Fsp3) is 0.370. The van der Waals surface area contributed by atoms with E-state index in [-0.39, 0.29) is 29.5 Å². The Morgan fingerprint density at radius 2 is 1.94 bits per heavy atom. The number of aromatic nitrogens is 1. The number of Topliss-reactive ketones (excluding diaryl/α,β-unsaturated/α-hetero) is 1. The van der Waals surface area contributed by atoms with Gasteiger partial charge in [-0.25, -0.2) is 9.37 Å². The summed E-state index contributed by atoms with van der Waals surface area (Å²) in [5.41, 5.74) is 2.88. The molecule has 5 nitrogen and oxygen atoms in total. The average molecular weight is 477 g/mol. The molecule has 3 aliphatic rings. The summed E-state index contributed by atoms with van der Waals surface area (Å²) < 4.78 is 21.5. The minimum absolute atomic E-state index is 0.0423. The quantitative estimate of drug-likeness (QED) is 0.461. The summed E-state index contributed by atoms with van der Waals surface area (Å²) >= 11 is 1.41. The van der Waals surface area contributed by atoms with Crippen LogP contribution in [0.1, 0.15) is 62.6 Å². The molecule has 1 aliphatic carbocycles. The van der Waals surface area contributed by atoms with Crippen LogP contribution in [0.4, 0.5) is 9.52 Å². The van der Waals surface area contributed by atoms with Crippen molar-refractivity contribution in [3.8, 4) is 0 Å². The molecule has 1 amide bonds. The maximum Gasteiger partial charge on any atom is 0.296 e. The summed E-state index contributed by atoms with van der Waals surface area (Å²) in [5.74, 6) is -0.592. The molecule has 174 valence electrons. The highest BCUT2D eigenvalue weighted by Gasteiger charge is 2.53. The van der Waals surface area contributed by atoms with E-state index in [1.165, 1.54) is 33.9 Å². The van der Waals surface area contributed by atoms with Crippen LogP contribution in [-0.2, 0) is 14.3 Å². The van der Waals surface area contributed by atoms with Crippen LogP contribution in [0.15, 0.2) is 53.8 Å². The van der Waals surface area contributed by atoms with Gasteiger partial charge in [0, 0.05) is 0 Å². The van der Waals surface area contributed by atoms with Crippen LogP contribution in [0.2, 0.25) is 0 Å². The number of amides is 1. The summed E-state index contributed by atoms with van der Waals surface area (Å²) in [6.07, 6.45) is 3.21. The lowest BCUT2D eigenvalue weighted by Gasteiger charge is -2.35. The summed E-state index contributed by atoms with van der Waals surface area (Å²) in [7, 11) is 0. The number of carbonyl (C=O) groups excluding carboxylic acids is 2. The molecular weight excluding hydrogens is 451 g/mol. The summed E-state index contributed by atoms with van der Waals surface area (Å²) in [6, 6.07) is 11.5. The topological polar surface area (TPSA) is 59.5 Å². The Bertz CT molecular complexity index is 1360. The number of hydrogen-bond acceptors (Lipinski definition) is 5. The van der Waals surface area contributed by atoms with Gasteiger partial charge in [0.05, 0.1) is 27.7 Å². The molecule has 1 saturated carbocycles. The molecule has 34 heavy (non-hydrogen) atoms. The number of ether oxygens (including phenoxy) is 1. The maximum atomic E-state index is 14.3. The second-order valence-electron chi connectivity index (χ2n) is 9.67. The number of rotatable bonds is 3. The van der Waals surface area contributed by atoms with Gasteiger partial charge in [-0.2, -0.15) is 0 Å². The van der Waals surface area contributed by atoms with E-state index in [0.29, 0.717) is 22.2 Å². The first-order valence-corrected chi connectivity index (χ1v) is 12.7. The largest absolute Gasteiger partial charge is 0.483 e. The predicted octanol–water partition coefficient (Wildman–Crippen LogP) is 6.06. The molecule has 3 aromatic rings. The lowest BCUT2D eigenvalue weighted by molar-refractivity contribution is -0.131. The van der Waals surface area contributed by atoms with E-state index in [1.54, 1.807) is 12.1 Å². The van der Waals surface area contributed by atoms with Gasteiger partial charge in [-0.15, -0.1) is 0 Å². The molecule has 6 rings (SSSR count). The molecule has 2 aliphatic heterocycles. The van der Waals surface area contributed by atoms with Crippen molar-refractivity contribution in [3.63, 3.8) is 0 Å². The van der Waals surface area contributed by atoms with Crippen molar-refractivity contribution in [3.05, 3.63) is 70.7 Å². The van der Waals surface area contributed by atoms with E-state index in [1.807, 2.05) is 12.1 Å². The fourth-order valence-electron chi connectivity index (χ4n) is 5.43. The van der Waals surface area contributed by atoms with Gasteiger partial charge in [0.2, 0.25) is 0 Å². The number of hydrogen-bond donors (Lipinski definition) is 0. The fourth-order valence-corrected chi connectivity index (χ4v) is 6.47. The number of ketones is 1. The molecule has 2 aromatic carbocycles. The molecule has 0 radical (unpaired) electrons. The zero-order valence-electron chi connectivity index (χ0n) is 19.1. The third kappa shape index (κ3) is 3.28. The highest BCUT2D eigenvalue weighted by atomic mass is 32.1. The summed E-state index contributed by atoms with van der Waals surface area (Å²) in [6.45, 7) is 4.26. The molecule has 0 N–H and O–H groups in total. The smallest absolute Gasteiger partial charge is 0.296 e. The number of halogens is 1. The van der Waals surface area contributed by atoms with Crippen LogP contribution in [0, 0.1) is 11.7 Å². The molecule has 0 saturated heterocycles. The molecule has 3 unspecified atom stereocenters. The number of thiazole rings is 1. The number of nitrogens with zero attached hydrogens (tertiary/aromatic N) is 2. The minimum Gasteiger partial charge on any atom is -0.483 e. The molecule has 1 aromatic heterocycles. The molecule has 0 spiro atoms. The molecule has 7 heteroatoms. The molecule has 1 fully saturated rings. The van der Waals surface area contributed by atoms with Crippen molar-refractivity contribution in [2.24, 2.45) is 5.92 Å². The monoisotopic (exact) mass is 476 g/mol. The zero-order chi connectivity index (χ0) is 23.6. The van der Waals surface area contributed by atoms with Crippen molar-refractivity contribution in [1.82, 2.24) is 4.98 Å². The average Bonchev–Trinajstić information content (AvgIpc) is 3.37. The maximum absolute atomic E-state index is 14.3. The van der Waals surface area contributed by atoms with E-state index in [0.717, 1.165) is 35.9 Å². The molecule has 3 heterocycles. The second kappa shape index (κ2) is 8.01. The van der Waals surface area contributed by atoms with Crippen LogP contribution in [-0.4, -0.2) is 22.8 Å². The van der Waals surface area contributed by atoms with Crippen LogP contribution in [0.5, 0.6) is 0 Å². The molecule has 0 bridgehead atoms. The van der Waals surface area contributed by atoms with Crippen molar-refractivity contribution in [2.45, 2.75) is 57.6 Å². The highest BCUT2D eigenvalue weighted by molar-refractivity contribution is 7.22. The third-order valence-corrected chi connectivity index (χ3v) is 8.22. The highest BCUT2D eigenvalue weighted by Crippen LogP contribution is 2.49. The van der Waals surface area contributed by atoms with E-state index in [4.69, 9.17) is 9.72 Å². The zero-order valence-corrected chi connectivity index (χ0v) is 19.9. The summed E-state index contributed by atoms with van der Waals surface area (Å²) in [5, 5.41) is 0.490. The van der Waals surface area contributed by atoms with Gasteiger partial charge in [0.25, 0.3) is 5.91 Å². The first-order chi connectivity index (χ1) is 16.4. The first kappa shape index (κ1) is 21.5. The predicted molar refractivity (Wildman–Crippen MR) is 129 cm³/mol. The summed E-state index contributed by atoms with van der Waals surface area (Å²) in [4.78, 5) is 33.7. The standard InChI is InChI=1S/C27H25FN2O3S/c1-14(2)15-10-11-19-21(13-15)34-27(29-19)30-23(16-6-5-7-17(28)12-16)22-24(31)18-8-3-4-9-20(18)33-25(22)26(30)32/h5-7,10-14,18,20,23H,3-4,8-9H2,1-2H3. The van der Waals surface area contributed by atoms with E-state index in [2.05, 4.69) is 19.9 Å². The van der Waals surface area contributed by atoms with Gasteiger partial charge in [0.15, 0.2) is 16.7 Å². The Morgan fingerprint density at radius 3 is 2.74 bits per heavy atom. The van der Waals surface area contributed by atoms with Gasteiger partial charge >= 0.3 is 0 Å². The van der Waals surface area contributed by atoms with E-state index < -0.39 is 11.9 Å². The first-order valence-electron chi connectivity index (χ1n) is 11.9. The second-order valence-corrected chi connectivity index (χ2v) is 10.7. The van der Waals surface area contributed by atoms with Crippen LogP contribution >= 0.6 is 11.3 Å². The normalized spacial score (nSPS) is 24.6. The Labute approximate surface area is 201 Å². The van der Waals surface area contributed by atoms with Crippen LogP contribution in [0.3, 0.4) is 0 Å². The van der Waals surface area contributed by atoms with Crippen molar-refractivity contribution < 1.29 is 18.7 Å². The molecule has 3 atom stereocenters. The van der Waals surface area contributed by atoms with E-state index >= 15 is 0 Å². The molecular formula is C27H25FN2O3S. The van der Waals surface area contributed by atoms with Crippen molar-refractivity contribution in [1.29, 1.82) is 0 Å². The number of anilines is 1. The Balaban J connectivity index is 1.50. The van der Waals surface area contributed by atoms with Gasteiger partial charge in [0.1, 0.15) is 11.9 Å². The number of fused-ring (bicyclic) bond motifs is 2.